The van der Waals surface area contributed by atoms with Crippen molar-refractivity contribution < 1.29 is 22.9 Å². The van der Waals surface area contributed by atoms with Crippen molar-refractivity contribution in [2.75, 3.05) is 5.73 Å². The minimum atomic E-state index is -4.44. The van der Waals surface area contributed by atoms with E-state index in [0.29, 0.717) is 27.6 Å². The maximum Gasteiger partial charge on any atom is 0.294 e. The number of hydrogen-bond acceptors (Lipinski definition) is 5. The number of phenolic OH excluding ortho intramolecular Hbond substituents is 1. The first-order valence-electron chi connectivity index (χ1n) is 7.36. The quantitative estimate of drug-likeness (QED) is 0.375. The summed E-state index contributed by atoms with van der Waals surface area (Å²) in [5.41, 5.74) is 7.30. The normalized spacial score (nSPS) is 11.6. The molecule has 25 heavy (non-hydrogen) atoms. The van der Waals surface area contributed by atoms with E-state index in [1.807, 2.05) is 0 Å². The van der Waals surface area contributed by atoms with Crippen LogP contribution in [0.2, 0.25) is 0 Å². The Hall–Kier alpha value is -2.90. The van der Waals surface area contributed by atoms with Crippen molar-refractivity contribution in [1.29, 1.82) is 0 Å². The molecule has 4 N–H and O–H groups in total. The molecule has 0 atom stereocenters. The number of carbonyl (C=O) groups is 1. The summed E-state index contributed by atoms with van der Waals surface area (Å²) >= 11 is 0. The number of Topliss-reactive ketones (excluding diaryl/α,β-unsaturated/α-hetero) is 1. The number of rotatable bonds is 4. The van der Waals surface area contributed by atoms with E-state index in [-0.39, 0.29) is 18.0 Å². The average molecular weight is 357 g/mol. The molecule has 7 heteroatoms. The van der Waals surface area contributed by atoms with Crippen LogP contribution in [0.5, 0.6) is 5.75 Å². The number of benzene rings is 3. The Bertz CT molecular complexity index is 1090. The van der Waals surface area contributed by atoms with Gasteiger partial charge in [0.25, 0.3) is 10.1 Å². The highest BCUT2D eigenvalue weighted by atomic mass is 32.2. The molecule has 128 valence electrons. The Morgan fingerprint density at radius 1 is 1.04 bits per heavy atom. The summed E-state index contributed by atoms with van der Waals surface area (Å²) < 4.78 is 31.7. The van der Waals surface area contributed by atoms with Gasteiger partial charge in [-0.3, -0.25) is 9.35 Å². The number of nitrogens with two attached hydrogens (primary N) is 1. The van der Waals surface area contributed by atoms with E-state index >= 15 is 0 Å². The molecule has 3 rings (SSSR count). The lowest BCUT2D eigenvalue weighted by molar-refractivity contribution is 0.0993. The molecule has 0 unspecified atom stereocenters. The highest BCUT2D eigenvalue weighted by molar-refractivity contribution is 7.85. The number of hydrogen-bond donors (Lipinski definition) is 3. The second-order valence-electron chi connectivity index (χ2n) is 5.70. The third kappa shape index (κ3) is 3.62. The third-order valence-electron chi connectivity index (χ3n) is 3.84. The fourth-order valence-corrected chi connectivity index (χ4v) is 3.17. The standard InChI is InChI=1S/C18H15NO5S/c19-14-3-1-2-12(8-14)17(20)7-11-4-5-16-13(6-11)9-15(10-18(16)21)25(22,23)24/h1-6,8-10,21H,7,19H2,(H,22,23,24). The number of fused-ring (bicyclic) bond motifs is 1. The van der Waals surface area contributed by atoms with E-state index in [9.17, 15) is 18.3 Å². The first-order valence-corrected chi connectivity index (χ1v) is 8.80. The molecule has 3 aromatic rings. The van der Waals surface area contributed by atoms with Crippen molar-refractivity contribution in [3.05, 3.63) is 65.7 Å². The molecule has 0 saturated carbocycles. The first-order chi connectivity index (χ1) is 11.7. The van der Waals surface area contributed by atoms with Crippen LogP contribution in [-0.2, 0) is 16.5 Å². The summed E-state index contributed by atoms with van der Waals surface area (Å²) in [6, 6.07) is 13.8. The zero-order valence-corrected chi connectivity index (χ0v) is 13.8. The summed E-state index contributed by atoms with van der Waals surface area (Å²) in [4.78, 5) is 11.9. The van der Waals surface area contributed by atoms with E-state index in [0.717, 1.165) is 6.07 Å². The summed E-state index contributed by atoms with van der Waals surface area (Å²) in [5, 5.41) is 10.8. The lowest BCUT2D eigenvalue weighted by Gasteiger charge is -2.07. The average Bonchev–Trinajstić information content (AvgIpc) is 2.53. The summed E-state index contributed by atoms with van der Waals surface area (Å²) in [6.07, 6.45) is 0.0935. The number of phenols is 1. The van der Waals surface area contributed by atoms with Crippen LogP contribution in [0.25, 0.3) is 10.8 Å². The molecule has 0 spiro atoms. The zero-order valence-electron chi connectivity index (χ0n) is 13.0. The number of nitrogen functional groups attached to an aromatic ring is 1. The van der Waals surface area contributed by atoms with Crippen LogP contribution in [0.3, 0.4) is 0 Å². The van der Waals surface area contributed by atoms with E-state index in [2.05, 4.69) is 0 Å². The minimum absolute atomic E-state index is 0.0935. The van der Waals surface area contributed by atoms with Crippen LogP contribution < -0.4 is 5.73 Å². The van der Waals surface area contributed by atoms with Gasteiger partial charge in [0.15, 0.2) is 5.78 Å². The molecule has 0 aromatic heterocycles. The predicted octanol–water partition coefficient (Wildman–Crippen LogP) is 2.80. The smallest absolute Gasteiger partial charge is 0.294 e. The lowest BCUT2D eigenvalue weighted by Crippen LogP contribution is -2.04. The van der Waals surface area contributed by atoms with Gasteiger partial charge in [-0.2, -0.15) is 8.42 Å². The number of aromatic hydroxyl groups is 1. The molecule has 0 aliphatic carbocycles. The Kier molecular flexibility index (Phi) is 4.20. The molecule has 0 amide bonds. The second-order valence-corrected chi connectivity index (χ2v) is 7.12. The van der Waals surface area contributed by atoms with Gasteiger partial charge in [-0.1, -0.05) is 30.3 Å². The molecule has 3 aromatic carbocycles. The molecule has 0 fully saturated rings. The molecule has 0 bridgehead atoms. The van der Waals surface area contributed by atoms with Gasteiger partial charge >= 0.3 is 0 Å². The van der Waals surface area contributed by atoms with Gasteiger partial charge < -0.3 is 10.8 Å². The molecule has 0 heterocycles. The molecule has 0 aliphatic rings. The molecular weight excluding hydrogens is 342 g/mol. The van der Waals surface area contributed by atoms with Crippen molar-refractivity contribution in [3.8, 4) is 5.75 Å². The lowest BCUT2D eigenvalue weighted by atomic mass is 9.99. The van der Waals surface area contributed by atoms with E-state index in [1.165, 1.54) is 6.07 Å². The van der Waals surface area contributed by atoms with Crippen LogP contribution in [0, 0.1) is 0 Å². The topological polar surface area (TPSA) is 118 Å². The first kappa shape index (κ1) is 16.9. The third-order valence-corrected chi connectivity index (χ3v) is 4.67. The van der Waals surface area contributed by atoms with Crippen LogP contribution in [0.4, 0.5) is 5.69 Å². The summed E-state index contributed by atoms with van der Waals surface area (Å²) in [6.45, 7) is 0. The van der Waals surface area contributed by atoms with Crippen LogP contribution >= 0.6 is 0 Å². The predicted molar refractivity (Wildman–Crippen MR) is 94.3 cm³/mol. The fraction of sp³-hybridized carbons (Fsp3) is 0.0556. The largest absolute Gasteiger partial charge is 0.507 e. The molecule has 0 radical (unpaired) electrons. The van der Waals surface area contributed by atoms with E-state index < -0.39 is 15.0 Å². The van der Waals surface area contributed by atoms with E-state index in [4.69, 9.17) is 10.3 Å². The second kappa shape index (κ2) is 6.19. The van der Waals surface area contributed by atoms with Gasteiger partial charge in [-0.05, 0) is 29.1 Å². The number of anilines is 1. The van der Waals surface area contributed by atoms with Crippen molar-refractivity contribution >= 4 is 32.4 Å². The Morgan fingerprint density at radius 3 is 2.48 bits per heavy atom. The van der Waals surface area contributed by atoms with Gasteiger partial charge in [-0.25, -0.2) is 0 Å². The maximum atomic E-state index is 12.4. The maximum absolute atomic E-state index is 12.4. The van der Waals surface area contributed by atoms with Crippen LogP contribution in [-0.4, -0.2) is 23.9 Å². The van der Waals surface area contributed by atoms with Crippen molar-refractivity contribution in [3.63, 3.8) is 0 Å². The number of ketones is 1. The summed E-state index contributed by atoms with van der Waals surface area (Å²) in [7, 11) is -4.44. The highest BCUT2D eigenvalue weighted by Crippen LogP contribution is 2.29. The van der Waals surface area contributed by atoms with Crippen LogP contribution in [0.15, 0.2) is 59.5 Å². The Morgan fingerprint density at radius 2 is 1.80 bits per heavy atom. The van der Waals surface area contributed by atoms with Gasteiger partial charge in [0.2, 0.25) is 0 Å². The van der Waals surface area contributed by atoms with Crippen LogP contribution in [0.1, 0.15) is 15.9 Å². The van der Waals surface area contributed by atoms with Gasteiger partial charge in [0.05, 0.1) is 4.90 Å². The molecule has 6 nitrogen and oxygen atoms in total. The fourth-order valence-electron chi connectivity index (χ4n) is 2.63. The highest BCUT2D eigenvalue weighted by Gasteiger charge is 2.14. The van der Waals surface area contributed by atoms with Gasteiger partial charge in [0, 0.05) is 29.1 Å². The number of carbonyl (C=O) groups excluding carboxylic acids is 1. The Balaban J connectivity index is 1.99. The Labute approximate surface area is 144 Å². The molecule has 0 aliphatic heterocycles. The SMILES string of the molecule is Nc1cccc(C(=O)Cc2ccc3c(O)cc(S(=O)(=O)O)cc3c2)c1. The summed E-state index contributed by atoms with van der Waals surface area (Å²) in [5.74, 6) is -0.402. The van der Waals surface area contributed by atoms with Gasteiger partial charge in [-0.15, -0.1) is 0 Å². The molecular formula is C18H15NO5S. The molecule has 0 saturated heterocycles. The van der Waals surface area contributed by atoms with Crippen molar-refractivity contribution in [1.82, 2.24) is 0 Å². The van der Waals surface area contributed by atoms with Gasteiger partial charge in [0.1, 0.15) is 5.75 Å². The monoisotopic (exact) mass is 357 g/mol. The minimum Gasteiger partial charge on any atom is -0.507 e. The zero-order chi connectivity index (χ0) is 18.2. The van der Waals surface area contributed by atoms with E-state index in [1.54, 1.807) is 42.5 Å². The van der Waals surface area contributed by atoms with Crippen molar-refractivity contribution in [2.24, 2.45) is 0 Å². The van der Waals surface area contributed by atoms with Crippen molar-refractivity contribution in [2.45, 2.75) is 11.3 Å².